The highest BCUT2D eigenvalue weighted by Crippen LogP contribution is 2.13. The Balaban J connectivity index is 0.000000394. The molecule has 0 radical (unpaired) electrons. The normalized spacial score (nSPS) is 24.4. The van der Waals surface area contributed by atoms with E-state index < -0.39 is 43.0 Å². The minimum Gasteiger partial charge on any atom is -0.480 e. The van der Waals surface area contributed by atoms with Crippen molar-refractivity contribution >= 4 is 12.3 Å². The van der Waals surface area contributed by atoms with Crippen molar-refractivity contribution in [3.05, 3.63) is 0 Å². The molecule has 10 nitrogen and oxygen atoms in total. The summed E-state index contributed by atoms with van der Waals surface area (Å²) in [6, 6.07) is -0.662. The molecule has 21 heavy (non-hydrogen) atoms. The zero-order chi connectivity index (χ0) is 16.6. The van der Waals surface area contributed by atoms with Gasteiger partial charge in [-0.1, -0.05) is 0 Å². The number of hydroxylamine groups is 2. The van der Waals surface area contributed by atoms with Gasteiger partial charge >= 0.3 is 5.97 Å². The quantitative estimate of drug-likeness (QED) is 0.244. The Morgan fingerprint density at radius 3 is 2.10 bits per heavy atom. The second kappa shape index (κ2) is 9.73. The zero-order valence-electron chi connectivity index (χ0n) is 11.2. The van der Waals surface area contributed by atoms with Crippen LogP contribution in [0.3, 0.4) is 0 Å². The first-order valence-corrected chi connectivity index (χ1v) is 6.23. The van der Waals surface area contributed by atoms with Crippen molar-refractivity contribution in [2.75, 3.05) is 13.2 Å². The van der Waals surface area contributed by atoms with Crippen LogP contribution in [0.4, 0.5) is 0 Å². The maximum atomic E-state index is 10.2. The number of aliphatic carboxylic acids is 1. The summed E-state index contributed by atoms with van der Waals surface area (Å²) in [5.41, 5.74) is 0. The summed E-state index contributed by atoms with van der Waals surface area (Å²) < 4.78 is 0. The van der Waals surface area contributed by atoms with Gasteiger partial charge in [-0.25, -0.2) is 0 Å². The summed E-state index contributed by atoms with van der Waals surface area (Å²) in [5.74, 6) is -0.935. The van der Waals surface area contributed by atoms with Crippen LogP contribution in [-0.4, -0.2) is 96.8 Å². The van der Waals surface area contributed by atoms with Gasteiger partial charge in [0.05, 0.1) is 6.61 Å². The Bertz CT molecular complexity index is 327. The number of hydrogen-bond donors (Lipinski definition) is 7. The van der Waals surface area contributed by atoms with E-state index in [0.29, 0.717) is 13.0 Å². The van der Waals surface area contributed by atoms with E-state index in [2.05, 4.69) is 0 Å². The third kappa shape index (κ3) is 6.44. The molecule has 0 unspecified atom stereocenters. The van der Waals surface area contributed by atoms with E-state index in [1.165, 1.54) is 0 Å². The van der Waals surface area contributed by atoms with E-state index in [0.717, 1.165) is 11.5 Å². The van der Waals surface area contributed by atoms with Crippen molar-refractivity contribution < 1.29 is 45.4 Å². The second-order valence-electron chi connectivity index (χ2n) is 4.52. The Morgan fingerprint density at radius 2 is 1.81 bits per heavy atom. The third-order valence-corrected chi connectivity index (χ3v) is 2.93. The fraction of sp³-hybridized carbons (Fsp3) is 0.818. The maximum Gasteiger partial charge on any atom is 0.323 e. The predicted octanol–water partition coefficient (Wildman–Crippen LogP) is -3.45. The number of carbonyl (C=O) groups excluding carboxylic acids is 1. The Kier molecular flexibility index (Phi) is 9.21. The molecule has 0 amide bonds. The number of hydrogen-bond acceptors (Lipinski definition) is 9. The summed E-state index contributed by atoms with van der Waals surface area (Å²) in [6.45, 7) is -0.277. The molecule has 124 valence electrons. The lowest BCUT2D eigenvalue weighted by Crippen LogP contribution is -2.46. The van der Waals surface area contributed by atoms with E-state index in [1.54, 1.807) is 0 Å². The summed E-state index contributed by atoms with van der Waals surface area (Å²) >= 11 is 0. The van der Waals surface area contributed by atoms with E-state index in [4.69, 9.17) is 35.8 Å². The van der Waals surface area contributed by atoms with E-state index in [-0.39, 0.29) is 6.29 Å². The molecule has 10 heteroatoms. The summed E-state index contributed by atoms with van der Waals surface area (Å²) in [6.07, 6.45) is -5.51. The SMILES string of the molecule is O=C(O)[C@@H]1CCCN1O.O=C[C@@H](O)[C@@H](O)[C@H](O)[C@H](O)CO. The van der Waals surface area contributed by atoms with Crippen LogP contribution in [0, 0.1) is 0 Å². The maximum absolute atomic E-state index is 10.2. The largest absolute Gasteiger partial charge is 0.480 e. The molecular weight excluding hydrogens is 290 g/mol. The second-order valence-corrected chi connectivity index (χ2v) is 4.52. The van der Waals surface area contributed by atoms with E-state index in [9.17, 15) is 9.59 Å². The van der Waals surface area contributed by atoms with Gasteiger partial charge in [0.15, 0.2) is 6.29 Å². The lowest BCUT2D eigenvalue weighted by molar-refractivity contribution is -0.161. The van der Waals surface area contributed by atoms with Gasteiger partial charge in [-0.15, -0.1) is 0 Å². The highest BCUT2D eigenvalue weighted by Gasteiger charge is 2.29. The fourth-order valence-electron chi connectivity index (χ4n) is 1.62. The van der Waals surface area contributed by atoms with Crippen molar-refractivity contribution in [3.8, 4) is 0 Å². The predicted molar refractivity (Wildman–Crippen MR) is 66.3 cm³/mol. The van der Waals surface area contributed by atoms with Crippen LogP contribution < -0.4 is 0 Å². The summed E-state index contributed by atoms with van der Waals surface area (Å²) in [4.78, 5) is 20.1. The minimum absolute atomic E-state index is 0.0258. The van der Waals surface area contributed by atoms with Gasteiger partial charge in [0.2, 0.25) is 0 Å². The molecule has 1 aliphatic heterocycles. The van der Waals surface area contributed by atoms with Crippen LogP contribution >= 0.6 is 0 Å². The number of carboxylic acid groups (broad SMARTS) is 1. The van der Waals surface area contributed by atoms with E-state index in [1.807, 2.05) is 0 Å². The Hall–Kier alpha value is -1.14. The molecule has 0 spiro atoms. The zero-order valence-corrected chi connectivity index (χ0v) is 11.2. The first kappa shape index (κ1) is 19.9. The molecule has 0 aromatic heterocycles. The van der Waals surface area contributed by atoms with Crippen LogP contribution in [0.1, 0.15) is 12.8 Å². The van der Waals surface area contributed by atoms with Gasteiger partial charge in [0.1, 0.15) is 30.5 Å². The standard InChI is InChI=1S/C6H12O6.C5H9NO3/c7-1-3(9)5(11)6(12)4(10)2-8;7-5(8)4-2-1-3-6(4)9/h1,3-6,8-12H,2H2;4,9H,1-3H2,(H,7,8)/t3-,4-,5-,6-;4-/m10/s1. The van der Waals surface area contributed by atoms with Crippen molar-refractivity contribution in [3.63, 3.8) is 0 Å². The van der Waals surface area contributed by atoms with Gasteiger partial charge < -0.3 is 40.6 Å². The van der Waals surface area contributed by atoms with Crippen LogP contribution in [0.15, 0.2) is 0 Å². The fourth-order valence-corrected chi connectivity index (χ4v) is 1.62. The van der Waals surface area contributed by atoms with Gasteiger partial charge in [-0.3, -0.25) is 4.79 Å². The molecule has 0 aromatic rings. The lowest BCUT2D eigenvalue weighted by Gasteiger charge is -2.22. The molecular formula is C11H21NO9. The molecule has 1 heterocycles. The number of nitrogens with zero attached hydrogens (tertiary/aromatic N) is 1. The van der Waals surface area contributed by atoms with Crippen LogP contribution in [-0.2, 0) is 9.59 Å². The molecule has 5 atom stereocenters. The monoisotopic (exact) mass is 311 g/mol. The molecule has 1 rings (SSSR count). The van der Waals surface area contributed by atoms with Gasteiger partial charge in [0, 0.05) is 6.54 Å². The molecule has 0 bridgehead atoms. The molecule has 0 aliphatic carbocycles. The molecule has 1 aliphatic rings. The molecule has 0 aromatic carbocycles. The first-order valence-electron chi connectivity index (χ1n) is 6.23. The minimum atomic E-state index is -1.79. The van der Waals surface area contributed by atoms with Crippen molar-refractivity contribution in [2.45, 2.75) is 43.3 Å². The van der Waals surface area contributed by atoms with Gasteiger partial charge in [0.25, 0.3) is 0 Å². The van der Waals surface area contributed by atoms with Crippen LogP contribution in [0.5, 0.6) is 0 Å². The highest BCUT2D eigenvalue weighted by atomic mass is 16.5. The number of aliphatic hydroxyl groups is 5. The van der Waals surface area contributed by atoms with Crippen LogP contribution in [0.25, 0.3) is 0 Å². The van der Waals surface area contributed by atoms with Crippen molar-refractivity contribution in [1.82, 2.24) is 5.06 Å². The van der Waals surface area contributed by atoms with Crippen LogP contribution in [0.2, 0.25) is 0 Å². The number of rotatable bonds is 6. The summed E-state index contributed by atoms with van der Waals surface area (Å²) in [5, 5.41) is 61.6. The molecule has 1 fully saturated rings. The Morgan fingerprint density at radius 1 is 1.24 bits per heavy atom. The molecule has 1 saturated heterocycles. The number of carbonyl (C=O) groups is 2. The van der Waals surface area contributed by atoms with Crippen molar-refractivity contribution in [1.29, 1.82) is 0 Å². The van der Waals surface area contributed by atoms with Crippen molar-refractivity contribution in [2.24, 2.45) is 0 Å². The molecule has 0 saturated carbocycles. The smallest absolute Gasteiger partial charge is 0.323 e. The number of carboxylic acids is 1. The lowest BCUT2D eigenvalue weighted by atomic mass is 10.0. The summed E-state index contributed by atoms with van der Waals surface area (Å²) in [7, 11) is 0. The topological polar surface area (TPSA) is 179 Å². The first-order chi connectivity index (χ1) is 9.76. The molecule has 7 N–H and O–H groups in total. The van der Waals surface area contributed by atoms with E-state index >= 15 is 0 Å². The average Bonchev–Trinajstić information content (AvgIpc) is 2.90. The van der Waals surface area contributed by atoms with Gasteiger partial charge in [-0.2, -0.15) is 5.06 Å². The average molecular weight is 311 g/mol. The van der Waals surface area contributed by atoms with Gasteiger partial charge in [-0.05, 0) is 12.8 Å². The number of aliphatic hydroxyl groups excluding tert-OH is 5. The third-order valence-electron chi connectivity index (χ3n) is 2.93. The Labute approximate surface area is 120 Å². The highest BCUT2D eigenvalue weighted by molar-refractivity contribution is 5.73. The number of aldehydes is 1.